The topological polar surface area (TPSA) is 8.17 Å². The van der Waals surface area contributed by atoms with Gasteiger partial charge in [0.05, 0.1) is 11.0 Å². The highest BCUT2D eigenvalue weighted by Gasteiger charge is 2.18. The highest BCUT2D eigenvalue weighted by molar-refractivity contribution is 7.26. The first-order valence-corrected chi connectivity index (χ1v) is 20.6. The Hall–Kier alpha value is -6.72. The Kier molecular flexibility index (Phi) is 7.00. The van der Waals surface area contributed by atoms with Crippen LogP contribution in [0.4, 0.5) is 17.1 Å². The molecule has 12 rings (SSSR count). The van der Waals surface area contributed by atoms with Crippen LogP contribution in [0, 0.1) is 0 Å². The van der Waals surface area contributed by atoms with Gasteiger partial charge in [0.15, 0.2) is 0 Å². The van der Waals surface area contributed by atoms with Crippen LogP contribution in [0.5, 0.6) is 0 Å². The lowest BCUT2D eigenvalue weighted by atomic mass is 10.0. The van der Waals surface area contributed by atoms with E-state index in [1.807, 2.05) is 22.7 Å². The zero-order valence-corrected chi connectivity index (χ0v) is 31.8. The molecule has 0 spiro atoms. The van der Waals surface area contributed by atoms with Crippen LogP contribution in [0.1, 0.15) is 0 Å². The summed E-state index contributed by atoms with van der Waals surface area (Å²) in [6, 6.07) is 71.5. The molecule has 0 radical (unpaired) electrons. The van der Waals surface area contributed by atoms with E-state index in [-0.39, 0.29) is 0 Å². The number of benzene rings is 9. The van der Waals surface area contributed by atoms with Crippen LogP contribution in [-0.4, -0.2) is 4.57 Å². The van der Waals surface area contributed by atoms with Crippen molar-refractivity contribution in [2.24, 2.45) is 0 Å². The molecule has 0 unspecified atom stereocenters. The maximum absolute atomic E-state index is 2.41. The third-order valence-electron chi connectivity index (χ3n) is 11.4. The fraction of sp³-hybridized carbons (Fsp3) is 0. The second-order valence-corrected chi connectivity index (χ2v) is 16.7. The van der Waals surface area contributed by atoms with Crippen LogP contribution in [-0.2, 0) is 0 Å². The highest BCUT2D eigenvalue weighted by Crippen LogP contribution is 2.44. The van der Waals surface area contributed by atoms with Crippen LogP contribution in [0.25, 0.3) is 89.7 Å². The van der Waals surface area contributed by atoms with Crippen LogP contribution in [0.15, 0.2) is 194 Å². The van der Waals surface area contributed by atoms with Crippen LogP contribution in [0.2, 0.25) is 0 Å². The van der Waals surface area contributed by atoms with Crippen molar-refractivity contribution in [2.75, 3.05) is 4.90 Å². The lowest BCUT2D eigenvalue weighted by Crippen LogP contribution is -2.09. The molecule has 0 fully saturated rings. The Balaban J connectivity index is 0.955. The van der Waals surface area contributed by atoms with Crippen molar-refractivity contribution in [2.45, 2.75) is 0 Å². The van der Waals surface area contributed by atoms with Gasteiger partial charge in [-0.05, 0) is 113 Å². The Morgan fingerprint density at radius 2 is 0.804 bits per heavy atom. The van der Waals surface area contributed by atoms with Gasteiger partial charge in [-0.3, -0.25) is 0 Å². The number of rotatable bonds is 5. The number of nitrogens with zero attached hydrogens (tertiary/aromatic N) is 2. The molecule has 0 saturated carbocycles. The van der Waals surface area contributed by atoms with Gasteiger partial charge in [0.1, 0.15) is 0 Å². The molecule has 0 atom stereocenters. The van der Waals surface area contributed by atoms with Gasteiger partial charge in [-0.25, -0.2) is 0 Å². The summed E-state index contributed by atoms with van der Waals surface area (Å²) in [4.78, 5) is 2.41. The minimum Gasteiger partial charge on any atom is -0.310 e. The van der Waals surface area contributed by atoms with Gasteiger partial charge in [-0.1, -0.05) is 103 Å². The number of hydrogen-bond acceptors (Lipinski definition) is 3. The van der Waals surface area contributed by atoms with Gasteiger partial charge in [0, 0.05) is 73.9 Å². The molecule has 262 valence electrons. The monoisotopic (exact) mass is 748 g/mol. The molecule has 0 amide bonds. The average molecular weight is 749 g/mol. The average Bonchev–Trinajstić information content (AvgIpc) is 3.92. The Morgan fingerprint density at radius 1 is 0.321 bits per heavy atom. The molecule has 0 aliphatic rings. The van der Waals surface area contributed by atoms with Crippen molar-refractivity contribution in [3.05, 3.63) is 194 Å². The van der Waals surface area contributed by atoms with Gasteiger partial charge in [0.25, 0.3) is 0 Å². The van der Waals surface area contributed by atoms with E-state index in [1.54, 1.807) is 0 Å². The number of anilines is 3. The molecule has 9 aromatic carbocycles. The maximum Gasteiger partial charge on any atom is 0.0547 e. The first-order chi connectivity index (χ1) is 27.7. The number of aromatic nitrogens is 1. The van der Waals surface area contributed by atoms with Crippen molar-refractivity contribution in [1.29, 1.82) is 0 Å². The third kappa shape index (κ3) is 4.93. The summed E-state index contributed by atoms with van der Waals surface area (Å²) in [5.74, 6) is 0. The fourth-order valence-electron chi connectivity index (χ4n) is 8.69. The summed E-state index contributed by atoms with van der Waals surface area (Å²) in [6.45, 7) is 0. The first kappa shape index (κ1) is 31.6. The highest BCUT2D eigenvalue weighted by atomic mass is 32.1. The largest absolute Gasteiger partial charge is 0.310 e. The number of thiophene rings is 2. The van der Waals surface area contributed by atoms with Crippen LogP contribution < -0.4 is 4.90 Å². The quantitative estimate of drug-likeness (QED) is 0.170. The van der Waals surface area contributed by atoms with E-state index < -0.39 is 0 Å². The summed E-state index contributed by atoms with van der Waals surface area (Å²) < 4.78 is 7.66. The van der Waals surface area contributed by atoms with Crippen LogP contribution >= 0.6 is 22.7 Å². The molecule has 0 aliphatic heterocycles. The normalized spacial score (nSPS) is 11.9. The van der Waals surface area contributed by atoms with Crippen LogP contribution in [0.3, 0.4) is 0 Å². The van der Waals surface area contributed by atoms with Crippen molar-refractivity contribution in [1.82, 2.24) is 4.57 Å². The maximum atomic E-state index is 2.41. The zero-order chi connectivity index (χ0) is 36.7. The summed E-state index contributed by atoms with van der Waals surface area (Å²) in [5, 5.41) is 10.3. The van der Waals surface area contributed by atoms with Gasteiger partial charge >= 0.3 is 0 Å². The van der Waals surface area contributed by atoms with Crippen molar-refractivity contribution in [3.8, 4) is 16.8 Å². The first-order valence-electron chi connectivity index (χ1n) is 19.0. The van der Waals surface area contributed by atoms with Crippen molar-refractivity contribution in [3.63, 3.8) is 0 Å². The molecule has 3 aromatic heterocycles. The van der Waals surface area contributed by atoms with E-state index >= 15 is 0 Å². The van der Waals surface area contributed by atoms with E-state index in [1.165, 1.54) is 84.0 Å². The van der Waals surface area contributed by atoms with Crippen molar-refractivity contribution >= 4 is 113 Å². The molecule has 56 heavy (non-hydrogen) atoms. The van der Waals surface area contributed by atoms with E-state index in [0.717, 1.165) is 22.7 Å². The third-order valence-corrected chi connectivity index (χ3v) is 13.7. The second-order valence-electron chi connectivity index (χ2n) is 14.6. The standard InChI is InChI=1S/C52H32N2S2/c1-2-10-36-30-48-44(29-35(36)9-1)41-11-3-6-14-47(41)54(48)38-23-19-34(20-24-38)33-17-21-37(22-18-33)53(39-25-27-51-45(31-39)42-12-4-7-15-49(42)55-51)40-26-28-52-46(32-40)43-13-5-8-16-50(43)56-52/h1-32H. The predicted molar refractivity (Wildman–Crippen MR) is 244 cm³/mol. The van der Waals surface area contributed by atoms with Gasteiger partial charge in [-0.15, -0.1) is 22.7 Å². The molecule has 0 bridgehead atoms. The number of para-hydroxylation sites is 1. The Labute approximate surface area is 331 Å². The molecular weight excluding hydrogens is 717 g/mol. The SMILES string of the molecule is c1ccc2cc3c(cc2c1)c1ccccc1n3-c1ccc(-c2ccc(N(c3ccc4sc5ccccc5c4c3)c3ccc4sc5ccccc5c4c3)cc2)cc1. The number of hydrogen-bond donors (Lipinski definition) is 0. The zero-order valence-electron chi connectivity index (χ0n) is 30.2. The molecule has 0 aliphatic carbocycles. The molecule has 0 N–H and O–H groups in total. The Morgan fingerprint density at radius 3 is 1.43 bits per heavy atom. The minimum atomic E-state index is 1.13. The van der Waals surface area contributed by atoms with E-state index in [0.29, 0.717) is 0 Å². The second kappa shape index (κ2) is 12.4. The summed E-state index contributed by atoms with van der Waals surface area (Å²) in [7, 11) is 0. The van der Waals surface area contributed by atoms with E-state index in [9.17, 15) is 0 Å². The smallest absolute Gasteiger partial charge is 0.0547 e. The summed E-state index contributed by atoms with van der Waals surface area (Å²) >= 11 is 3.72. The van der Waals surface area contributed by atoms with E-state index in [4.69, 9.17) is 0 Å². The minimum absolute atomic E-state index is 1.13. The fourth-order valence-corrected chi connectivity index (χ4v) is 10.9. The summed E-state index contributed by atoms with van der Waals surface area (Å²) in [6.07, 6.45) is 0. The van der Waals surface area contributed by atoms with Gasteiger partial charge in [0.2, 0.25) is 0 Å². The molecular formula is C52H32N2S2. The molecule has 12 aromatic rings. The van der Waals surface area contributed by atoms with Gasteiger partial charge < -0.3 is 9.47 Å². The number of fused-ring (bicyclic) bond motifs is 10. The molecule has 3 heterocycles. The summed E-state index contributed by atoms with van der Waals surface area (Å²) in [5.41, 5.74) is 9.41. The molecule has 2 nitrogen and oxygen atoms in total. The van der Waals surface area contributed by atoms with Crippen molar-refractivity contribution < 1.29 is 0 Å². The van der Waals surface area contributed by atoms with Gasteiger partial charge in [-0.2, -0.15) is 0 Å². The predicted octanol–water partition coefficient (Wildman–Crippen LogP) is 15.8. The molecule has 0 saturated heterocycles. The van der Waals surface area contributed by atoms with E-state index in [2.05, 4.69) is 204 Å². The Bertz CT molecular complexity index is 3360. The molecule has 4 heteroatoms. The lowest BCUT2D eigenvalue weighted by Gasteiger charge is -2.26. The lowest BCUT2D eigenvalue weighted by molar-refractivity contribution is 1.18.